The Labute approximate surface area is 110 Å². The molecule has 5 nitrogen and oxygen atoms in total. The van der Waals surface area contributed by atoms with Crippen LogP contribution in [-0.4, -0.2) is 22.7 Å². The lowest BCUT2D eigenvalue weighted by Crippen LogP contribution is -1.99. The summed E-state index contributed by atoms with van der Waals surface area (Å²) < 4.78 is 10.9. The molecule has 0 amide bonds. The smallest absolute Gasteiger partial charge is 0.354 e. The minimum atomic E-state index is -1.09. The lowest BCUT2D eigenvalue weighted by atomic mass is 10.3. The summed E-state index contributed by atoms with van der Waals surface area (Å²) in [5.41, 5.74) is -0.0524. The fourth-order valence-electron chi connectivity index (χ4n) is 1.50. The molecule has 1 aromatic heterocycles. The largest absolute Gasteiger partial charge is 0.494 e. The zero-order valence-corrected chi connectivity index (χ0v) is 10.4. The van der Waals surface area contributed by atoms with Gasteiger partial charge in [0.2, 0.25) is 0 Å². The molecule has 0 aliphatic heterocycles. The van der Waals surface area contributed by atoms with Gasteiger partial charge in [0.1, 0.15) is 17.2 Å². The van der Waals surface area contributed by atoms with Crippen molar-refractivity contribution >= 4 is 5.97 Å². The summed E-state index contributed by atoms with van der Waals surface area (Å²) in [5.74, 6) is 0.704. The molecule has 0 atom stereocenters. The zero-order valence-electron chi connectivity index (χ0n) is 10.4. The van der Waals surface area contributed by atoms with Crippen LogP contribution in [0.15, 0.2) is 42.6 Å². The van der Waals surface area contributed by atoms with Gasteiger partial charge in [-0.05, 0) is 37.3 Å². The first-order chi connectivity index (χ1) is 9.19. The van der Waals surface area contributed by atoms with Gasteiger partial charge in [0.25, 0.3) is 0 Å². The quantitative estimate of drug-likeness (QED) is 0.893. The Morgan fingerprint density at radius 2 is 1.84 bits per heavy atom. The molecule has 0 radical (unpaired) electrons. The van der Waals surface area contributed by atoms with Crippen LogP contribution in [0.3, 0.4) is 0 Å². The average Bonchev–Trinajstić information content (AvgIpc) is 2.42. The summed E-state index contributed by atoms with van der Waals surface area (Å²) >= 11 is 0. The van der Waals surface area contributed by atoms with E-state index < -0.39 is 5.97 Å². The second-order valence-corrected chi connectivity index (χ2v) is 3.69. The van der Waals surface area contributed by atoms with E-state index in [2.05, 4.69) is 4.98 Å². The van der Waals surface area contributed by atoms with E-state index in [0.717, 1.165) is 5.75 Å². The second kappa shape index (κ2) is 5.86. The summed E-state index contributed by atoms with van der Waals surface area (Å²) in [6, 6.07) is 10.1. The molecular formula is C14H13NO4. The molecule has 0 aliphatic carbocycles. The number of carbonyl (C=O) groups is 1. The third-order valence-corrected chi connectivity index (χ3v) is 2.32. The molecule has 1 aromatic carbocycles. The van der Waals surface area contributed by atoms with E-state index in [-0.39, 0.29) is 5.69 Å². The van der Waals surface area contributed by atoms with Crippen molar-refractivity contribution in [3.05, 3.63) is 48.3 Å². The molecule has 0 spiro atoms. The van der Waals surface area contributed by atoms with Crippen molar-refractivity contribution in [1.82, 2.24) is 4.98 Å². The molecule has 5 heteroatoms. The molecule has 19 heavy (non-hydrogen) atoms. The van der Waals surface area contributed by atoms with E-state index in [1.165, 1.54) is 12.3 Å². The van der Waals surface area contributed by atoms with E-state index >= 15 is 0 Å². The Bertz CT molecular complexity index is 566. The molecule has 98 valence electrons. The molecule has 0 saturated heterocycles. The van der Waals surface area contributed by atoms with Crippen molar-refractivity contribution < 1.29 is 19.4 Å². The van der Waals surface area contributed by atoms with Crippen LogP contribution in [0.25, 0.3) is 0 Å². The topological polar surface area (TPSA) is 68.7 Å². The number of aromatic nitrogens is 1. The average molecular weight is 259 g/mol. The van der Waals surface area contributed by atoms with Gasteiger partial charge in [-0.1, -0.05) is 0 Å². The summed E-state index contributed by atoms with van der Waals surface area (Å²) in [6.45, 7) is 2.52. The van der Waals surface area contributed by atoms with Gasteiger partial charge in [-0.2, -0.15) is 0 Å². The summed E-state index contributed by atoms with van der Waals surface area (Å²) in [7, 11) is 0. The molecule has 1 N–H and O–H groups in total. The van der Waals surface area contributed by atoms with Crippen LogP contribution in [-0.2, 0) is 0 Å². The lowest BCUT2D eigenvalue weighted by molar-refractivity contribution is 0.0690. The summed E-state index contributed by atoms with van der Waals surface area (Å²) in [6.07, 6.45) is 1.40. The number of hydrogen-bond donors (Lipinski definition) is 1. The highest BCUT2D eigenvalue weighted by molar-refractivity contribution is 5.85. The van der Waals surface area contributed by atoms with E-state index in [1.807, 2.05) is 6.92 Å². The number of carboxylic acids is 1. The first-order valence-electron chi connectivity index (χ1n) is 5.79. The standard InChI is InChI=1S/C14H13NO4/c1-2-18-10-3-5-11(6-4-10)19-12-7-8-15-13(9-12)14(16)17/h3-9H,2H2,1H3,(H,16,17). The third-order valence-electron chi connectivity index (χ3n) is 2.32. The Hall–Kier alpha value is -2.56. The first-order valence-corrected chi connectivity index (χ1v) is 5.79. The first kappa shape index (κ1) is 12.9. The van der Waals surface area contributed by atoms with Gasteiger partial charge >= 0.3 is 5.97 Å². The second-order valence-electron chi connectivity index (χ2n) is 3.69. The van der Waals surface area contributed by atoms with Crippen molar-refractivity contribution in [1.29, 1.82) is 0 Å². The van der Waals surface area contributed by atoms with Crippen LogP contribution in [0.2, 0.25) is 0 Å². The van der Waals surface area contributed by atoms with Crippen LogP contribution in [0, 0.1) is 0 Å². The molecule has 2 aromatic rings. The van der Waals surface area contributed by atoms with E-state index in [9.17, 15) is 4.79 Å². The van der Waals surface area contributed by atoms with Crippen molar-refractivity contribution in [2.45, 2.75) is 6.92 Å². The van der Waals surface area contributed by atoms with Gasteiger partial charge in [0.15, 0.2) is 5.69 Å². The van der Waals surface area contributed by atoms with Gasteiger partial charge in [-0.3, -0.25) is 0 Å². The van der Waals surface area contributed by atoms with Crippen molar-refractivity contribution in [3.8, 4) is 17.2 Å². The third kappa shape index (κ3) is 3.45. The highest BCUT2D eigenvalue weighted by Crippen LogP contribution is 2.23. The maximum Gasteiger partial charge on any atom is 0.354 e. The molecule has 0 fully saturated rings. The van der Waals surface area contributed by atoms with Crippen LogP contribution in [0.5, 0.6) is 17.2 Å². The normalized spacial score (nSPS) is 9.95. The fourth-order valence-corrected chi connectivity index (χ4v) is 1.50. The van der Waals surface area contributed by atoms with Gasteiger partial charge in [0, 0.05) is 12.3 Å². The highest BCUT2D eigenvalue weighted by Gasteiger charge is 2.06. The van der Waals surface area contributed by atoms with E-state index in [4.69, 9.17) is 14.6 Å². The number of benzene rings is 1. The van der Waals surface area contributed by atoms with Crippen LogP contribution in [0.4, 0.5) is 0 Å². The maximum absolute atomic E-state index is 10.8. The highest BCUT2D eigenvalue weighted by atomic mass is 16.5. The molecule has 0 aliphatic rings. The number of pyridine rings is 1. The molecular weight excluding hydrogens is 246 g/mol. The number of ether oxygens (including phenoxy) is 2. The maximum atomic E-state index is 10.8. The number of hydrogen-bond acceptors (Lipinski definition) is 4. The van der Waals surface area contributed by atoms with E-state index in [1.54, 1.807) is 30.3 Å². The van der Waals surface area contributed by atoms with Crippen LogP contribution >= 0.6 is 0 Å². The number of nitrogens with zero attached hydrogens (tertiary/aromatic N) is 1. The predicted molar refractivity (Wildman–Crippen MR) is 68.9 cm³/mol. The Balaban J connectivity index is 2.12. The number of aromatic carboxylic acids is 1. The number of rotatable bonds is 5. The monoisotopic (exact) mass is 259 g/mol. The number of carboxylic acid groups (broad SMARTS) is 1. The van der Waals surface area contributed by atoms with Crippen molar-refractivity contribution in [2.24, 2.45) is 0 Å². The van der Waals surface area contributed by atoms with E-state index in [0.29, 0.717) is 18.1 Å². The molecule has 2 rings (SSSR count). The molecule has 0 bridgehead atoms. The SMILES string of the molecule is CCOc1ccc(Oc2ccnc(C(=O)O)c2)cc1. The molecule has 0 unspecified atom stereocenters. The lowest BCUT2D eigenvalue weighted by Gasteiger charge is -2.07. The predicted octanol–water partition coefficient (Wildman–Crippen LogP) is 2.97. The minimum absolute atomic E-state index is 0.0524. The van der Waals surface area contributed by atoms with Gasteiger partial charge in [0.05, 0.1) is 6.61 Å². The van der Waals surface area contributed by atoms with Crippen LogP contribution in [0.1, 0.15) is 17.4 Å². The Kier molecular flexibility index (Phi) is 3.97. The van der Waals surface area contributed by atoms with Crippen LogP contribution < -0.4 is 9.47 Å². The Morgan fingerprint density at radius 1 is 1.16 bits per heavy atom. The summed E-state index contributed by atoms with van der Waals surface area (Å²) in [5, 5.41) is 8.84. The molecule has 1 heterocycles. The molecule has 0 saturated carbocycles. The van der Waals surface area contributed by atoms with Gasteiger partial charge in [-0.15, -0.1) is 0 Å². The van der Waals surface area contributed by atoms with Crippen molar-refractivity contribution in [2.75, 3.05) is 6.61 Å². The Morgan fingerprint density at radius 3 is 2.47 bits per heavy atom. The van der Waals surface area contributed by atoms with Gasteiger partial charge in [-0.25, -0.2) is 9.78 Å². The van der Waals surface area contributed by atoms with Crippen molar-refractivity contribution in [3.63, 3.8) is 0 Å². The summed E-state index contributed by atoms with van der Waals surface area (Å²) in [4.78, 5) is 14.5. The minimum Gasteiger partial charge on any atom is -0.494 e. The zero-order chi connectivity index (χ0) is 13.7. The fraction of sp³-hybridized carbons (Fsp3) is 0.143. The van der Waals surface area contributed by atoms with Gasteiger partial charge < -0.3 is 14.6 Å².